The van der Waals surface area contributed by atoms with E-state index in [0.717, 1.165) is 0 Å². The molecule has 0 aliphatic heterocycles. The summed E-state index contributed by atoms with van der Waals surface area (Å²) in [5, 5.41) is 0. The third-order valence-corrected chi connectivity index (χ3v) is 21.8. The Labute approximate surface area is 194 Å². The van der Waals surface area contributed by atoms with Crippen molar-refractivity contribution >= 4 is 0 Å². The predicted molar refractivity (Wildman–Crippen MR) is 3.83 cm³/mol. The van der Waals surface area contributed by atoms with Crippen molar-refractivity contribution in [2.24, 2.45) is 0 Å². The van der Waals surface area contributed by atoms with E-state index in [4.69, 9.17) is 0 Å². The Morgan fingerprint density at radius 3 is 1.00 bits per heavy atom. The summed E-state index contributed by atoms with van der Waals surface area (Å²) in [5.74, 6) is 0. The molecule has 0 aromatic heterocycles. The number of hydrogen-bond donors (Lipinski definition) is 0. The van der Waals surface area contributed by atoms with Crippen molar-refractivity contribution in [3.63, 3.8) is 0 Å². The summed E-state index contributed by atoms with van der Waals surface area (Å²) in [6.07, 6.45) is 0. The molecular weight excluding hydrogens is 854 g/mol. The Morgan fingerprint density at radius 2 is 1.00 bits per heavy atom. The van der Waals surface area contributed by atoms with Gasteiger partial charge in [0, 0.05) is 0 Å². The molecule has 0 atom stereocenters. The van der Waals surface area contributed by atoms with E-state index in [-0.39, 0.29) is 138 Å². The molecule has 0 aromatic rings. The molecule has 0 aromatic carbocycles. The first kappa shape index (κ1) is 21.6. The number of hydrogen-bond acceptors (Lipinski definition) is 7. The summed E-state index contributed by atoms with van der Waals surface area (Å²) in [5.41, 5.74) is 0. The van der Waals surface area contributed by atoms with Crippen LogP contribution in [0.1, 0.15) is 0 Å². The zero-order chi connectivity index (χ0) is 7.71. The summed E-state index contributed by atoms with van der Waals surface area (Å²) in [6, 6.07) is 0. The molecule has 0 amide bonds. The van der Waals surface area contributed by atoms with E-state index in [0.29, 0.717) is 0 Å². The molecule has 11 heteroatoms. The van der Waals surface area contributed by atoms with Gasteiger partial charge in [-0.05, 0) is 0 Å². The first-order valence-electron chi connectivity index (χ1n) is 1.63. The van der Waals surface area contributed by atoms with Crippen molar-refractivity contribution in [3.05, 3.63) is 0 Å². The molecule has 0 aliphatic carbocycles. The van der Waals surface area contributed by atoms with Gasteiger partial charge in [0.1, 0.15) is 0 Å². The van der Waals surface area contributed by atoms with Gasteiger partial charge in [-0.25, -0.2) is 0 Å². The van der Waals surface area contributed by atoms with E-state index in [9.17, 15) is 14.2 Å². The SMILES string of the molecule is [Cs+].[Cs+].[O]=[U](=[O])([O-])[O][U](=[O])(=[O])[O-]. The second kappa shape index (κ2) is 9.33. The minimum absolute atomic E-state index is 0. The Morgan fingerprint density at radius 1 is 0.818 bits per heavy atom. The van der Waals surface area contributed by atoms with Gasteiger partial charge >= 0.3 is 203 Å². The van der Waals surface area contributed by atoms with E-state index in [2.05, 4.69) is -0.255 Å². The predicted octanol–water partition coefficient (Wildman–Crippen LogP) is -8.91. The molecule has 7 nitrogen and oxygen atoms in total. The van der Waals surface area contributed by atoms with Gasteiger partial charge in [0.25, 0.3) is 0 Å². The van der Waals surface area contributed by atoms with Crippen LogP contribution in [-0.2, 0) is 8.69 Å². The summed E-state index contributed by atoms with van der Waals surface area (Å²) in [4.78, 5) is 0. The van der Waals surface area contributed by atoms with Crippen LogP contribution in [0.2, 0.25) is 0 Å². The fourth-order valence-electron chi connectivity index (χ4n) is 0.153. The molecule has 0 saturated heterocycles. The van der Waals surface area contributed by atoms with Crippen molar-refractivity contribution in [1.82, 2.24) is 0 Å². The van der Waals surface area contributed by atoms with E-state index in [1.54, 1.807) is 0 Å². The van der Waals surface area contributed by atoms with Crippen LogP contribution in [0.25, 0.3) is 0 Å². The molecule has 52 valence electrons. The van der Waals surface area contributed by atoms with Crippen LogP contribution < -0.4 is 143 Å². The maximum atomic E-state index is 9.47. The number of rotatable bonds is 2. The summed E-state index contributed by atoms with van der Waals surface area (Å²) < 4.78 is 59.6. The van der Waals surface area contributed by atoms with Gasteiger partial charge in [-0.3, -0.25) is 0 Å². The van der Waals surface area contributed by atoms with Crippen LogP contribution in [0.15, 0.2) is 0 Å². The molecule has 0 bridgehead atoms. The van der Waals surface area contributed by atoms with Gasteiger partial charge in [0.15, 0.2) is 0 Å². The average molecular weight is 854 g/mol. The van der Waals surface area contributed by atoms with Crippen molar-refractivity contribution in [1.29, 1.82) is 0 Å². The summed E-state index contributed by atoms with van der Waals surface area (Å²) in [6.45, 7) is 0. The molecule has 0 spiro atoms. The van der Waals surface area contributed by atoms with Gasteiger partial charge in [-0.15, -0.1) is 0 Å². The fraction of sp³-hybridized carbons (Fsp3) is 0. The Balaban J connectivity index is -0.000000320. The zero-order valence-corrected chi connectivity index (χ0v) is 26.7. The van der Waals surface area contributed by atoms with Crippen LogP contribution in [-0.4, -0.2) is 0 Å². The topological polar surface area (TPSA) is 124 Å². The third kappa shape index (κ3) is 21.2. The molecule has 11 heavy (non-hydrogen) atoms. The van der Waals surface area contributed by atoms with Gasteiger partial charge in [0.05, 0.1) is 0 Å². The van der Waals surface area contributed by atoms with Gasteiger partial charge in [-0.2, -0.15) is 0 Å². The van der Waals surface area contributed by atoms with E-state index in [1.165, 1.54) is 0 Å². The van der Waals surface area contributed by atoms with E-state index < -0.39 is 50.8 Å². The summed E-state index contributed by atoms with van der Waals surface area (Å²) in [7, 11) is 0. The van der Waals surface area contributed by atoms with Crippen molar-refractivity contribution in [2.75, 3.05) is 0 Å². The van der Waals surface area contributed by atoms with Crippen LogP contribution >= 0.6 is 0 Å². The van der Waals surface area contributed by atoms with Gasteiger partial charge < -0.3 is 0 Å². The van der Waals surface area contributed by atoms with Gasteiger partial charge in [0.2, 0.25) is 0 Å². The average Bonchev–Trinajstić information content (AvgIpc) is 1.14. The molecule has 0 radical (unpaired) electrons. The summed E-state index contributed by atoms with van der Waals surface area (Å²) >= 11 is -13.4. The normalized spacial score (nSPS) is 11.1. The zero-order valence-electron chi connectivity index (χ0n) is 5.86. The second-order valence-corrected chi connectivity index (χ2v) is 18.2. The monoisotopic (exact) mass is 854 g/mol. The van der Waals surface area contributed by atoms with Crippen LogP contribution in [0.4, 0.5) is 0 Å². The molecule has 0 aliphatic rings. The molecule has 0 heterocycles. The molecular formula is Cs2O7U2. The first-order valence-corrected chi connectivity index (χ1v) is 15.2. The maximum absolute atomic E-state index is 9.47. The standard InChI is InChI=1S/2Cs.7O.2U/q2*+1;;;;;;2*-1;;. The van der Waals surface area contributed by atoms with Crippen molar-refractivity contribution < 1.29 is 203 Å². The van der Waals surface area contributed by atoms with Crippen molar-refractivity contribution in [3.8, 4) is 0 Å². The quantitative estimate of drug-likeness (QED) is 0.271. The van der Waals surface area contributed by atoms with Crippen LogP contribution in [0.3, 0.4) is 0 Å². The first-order chi connectivity index (χ1) is 3.71. The van der Waals surface area contributed by atoms with Crippen LogP contribution in [0, 0.1) is 50.8 Å². The Hall–Kier alpha value is 5.29. The van der Waals surface area contributed by atoms with E-state index >= 15 is 0 Å². The molecule has 0 N–H and O–H groups in total. The second-order valence-electron chi connectivity index (χ2n) is 1.10. The Kier molecular flexibility index (Phi) is 18.3. The molecule has 0 fully saturated rings. The molecule has 0 unspecified atom stereocenters. The fourth-order valence-corrected chi connectivity index (χ4v) is 13.3. The van der Waals surface area contributed by atoms with Crippen molar-refractivity contribution in [2.45, 2.75) is 0 Å². The van der Waals surface area contributed by atoms with Crippen LogP contribution in [0.5, 0.6) is 0 Å². The Bertz CT molecular complexity index is 240. The molecule has 0 saturated carbocycles. The van der Waals surface area contributed by atoms with E-state index in [1.807, 2.05) is 0 Å². The molecule has 0 rings (SSSR count). The third-order valence-electron chi connectivity index (χ3n) is 0.250. The van der Waals surface area contributed by atoms with Gasteiger partial charge in [-0.1, -0.05) is 0 Å². The minimum atomic E-state index is -6.71.